The van der Waals surface area contributed by atoms with Gasteiger partial charge in [-0.25, -0.2) is 9.59 Å². The second-order valence-electron chi connectivity index (χ2n) is 8.02. The molecule has 0 bridgehead atoms. The molecule has 158 valence electrons. The van der Waals surface area contributed by atoms with Gasteiger partial charge in [0.15, 0.2) is 0 Å². The normalized spacial score (nSPS) is 21.5. The molecule has 0 spiro atoms. The second kappa shape index (κ2) is 6.76. The van der Waals surface area contributed by atoms with E-state index < -0.39 is 35.6 Å². The molecule has 1 fully saturated rings. The van der Waals surface area contributed by atoms with Crippen molar-refractivity contribution in [1.82, 2.24) is 4.90 Å². The van der Waals surface area contributed by atoms with E-state index in [0.717, 1.165) is 0 Å². The van der Waals surface area contributed by atoms with Gasteiger partial charge in [0.05, 0.1) is 30.1 Å². The number of rotatable bonds is 4. The van der Waals surface area contributed by atoms with E-state index >= 15 is 0 Å². The van der Waals surface area contributed by atoms with Gasteiger partial charge < -0.3 is 24.6 Å². The van der Waals surface area contributed by atoms with Crippen LogP contribution in [0.2, 0.25) is 0 Å². The molecule has 0 aliphatic carbocycles. The van der Waals surface area contributed by atoms with Crippen LogP contribution in [-0.4, -0.2) is 44.2 Å². The molecular formula is C23H19NO7. The number of fused-ring (bicyclic) bond motifs is 4. The Morgan fingerprint density at radius 2 is 1.90 bits per heavy atom. The molecule has 2 aliphatic rings. The molecule has 5 rings (SSSR count). The van der Waals surface area contributed by atoms with Gasteiger partial charge in [0.1, 0.15) is 11.3 Å². The minimum Gasteiger partial charge on any atom is -0.477 e. The maximum Gasteiger partial charge on any atom is 0.352 e. The first-order valence-electron chi connectivity index (χ1n) is 9.90. The summed E-state index contributed by atoms with van der Waals surface area (Å²) in [5, 5.41) is 30.7. The summed E-state index contributed by atoms with van der Waals surface area (Å²) in [5.41, 5.74) is 1.40. The van der Waals surface area contributed by atoms with Crippen molar-refractivity contribution in [2.75, 3.05) is 0 Å². The number of β-lactam (4-membered cyclic amide) rings is 1. The van der Waals surface area contributed by atoms with Crippen molar-refractivity contribution < 1.29 is 29.3 Å². The SMILES string of the molecule is C[C@@H](O)[C@H]1C(=O)N2C(C(=O)O)=C(c3ccc4c(=O)oc5cc(CO)ccc5c4c3)C[C@H]12. The number of benzene rings is 2. The molecule has 0 radical (unpaired) electrons. The molecule has 31 heavy (non-hydrogen) atoms. The van der Waals surface area contributed by atoms with Crippen LogP contribution in [0.15, 0.2) is 51.3 Å². The fraction of sp³-hybridized carbons (Fsp3) is 0.261. The minimum absolute atomic E-state index is 0.0823. The molecule has 2 aromatic carbocycles. The van der Waals surface area contributed by atoms with Gasteiger partial charge in [-0.15, -0.1) is 0 Å². The summed E-state index contributed by atoms with van der Waals surface area (Å²) < 4.78 is 5.39. The zero-order chi connectivity index (χ0) is 22.0. The average molecular weight is 421 g/mol. The number of carboxylic acid groups (broad SMARTS) is 1. The molecule has 3 N–H and O–H groups in total. The first-order valence-corrected chi connectivity index (χ1v) is 9.90. The maximum atomic E-state index is 12.5. The Morgan fingerprint density at radius 1 is 1.16 bits per heavy atom. The van der Waals surface area contributed by atoms with E-state index in [1.807, 2.05) is 0 Å². The second-order valence-corrected chi connectivity index (χ2v) is 8.02. The first kappa shape index (κ1) is 19.5. The summed E-state index contributed by atoms with van der Waals surface area (Å²) in [4.78, 5) is 38.2. The van der Waals surface area contributed by atoms with Crippen LogP contribution in [0.25, 0.3) is 27.3 Å². The monoisotopic (exact) mass is 421 g/mol. The summed E-state index contributed by atoms with van der Waals surface area (Å²) in [6, 6.07) is 9.65. The number of carbonyl (C=O) groups excluding carboxylic acids is 1. The molecule has 2 aliphatic heterocycles. The maximum absolute atomic E-state index is 12.5. The van der Waals surface area contributed by atoms with E-state index in [9.17, 15) is 29.7 Å². The smallest absolute Gasteiger partial charge is 0.352 e. The fourth-order valence-electron chi connectivity index (χ4n) is 4.79. The van der Waals surface area contributed by atoms with Gasteiger partial charge >= 0.3 is 11.6 Å². The van der Waals surface area contributed by atoms with Crippen LogP contribution in [0.4, 0.5) is 0 Å². The number of aliphatic hydroxyl groups excluding tert-OH is 2. The number of carbonyl (C=O) groups is 2. The van der Waals surface area contributed by atoms with Gasteiger partial charge in [0.2, 0.25) is 5.91 Å². The average Bonchev–Trinajstić information content (AvgIpc) is 3.08. The predicted octanol–water partition coefficient (Wildman–Crippen LogP) is 1.85. The van der Waals surface area contributed by atoms with Gasteiger partial charge in [0, 0.05) is 10.8 Å². The number of nitrogens with zero attached hydrogens (tertiary/aromatic N) is 1. The standard InChI is InChI=1S/C23H19NO7/c1-10(26)19-17-8-15(20(22(28)29)24(17)21(19)27)12-3-5-14-16(7-12)13-4-2-11(9-25)6-18(13)31-23(14)30/h2-7,10,17,19,25-26H,8-9H2,1H3,(H,28,29)/t10-,17-,19-/m1/s1. The summed E-state index contributed by atoms with van der Waals surface area (Å²) >= 11 is 0. The Labute approximate surface area is 175 Å². The summed E-state index contributed by atoms with van der Waals surface area (Å²) in [6.07, 6.45) is -0.559. The number of aliphatic carboxylic acids is 1. The van der Waals surface area contributed by atoms with Crippen LogP contribution in [0.3, 0.4) is 0 Å². The van der Waals surface area contributed by atoms with Crippen LogP contribution < -0.4 is 5.63 Å². The minimum atomic E-state index is -1.21. The third-order valence-corrected chi connectivity index (χ3v) is 6.24. The van der Waals surface area contributed by atoms with Crippen LogP contribution in [0.1, 0.15) is 24.5 Å². The van der Waals surface area contributed by atoms with Crippen molar-refractivity contribution in [3.05, 3.63) is 63.6 Å². The molecule has 1 saturated heterocycles. The Hall–Kier alpha value is -3.49. The Morgan fingerprint density at radius 3 is 2.58 bits per heavy atom. The van der Waals surface area contributed by atoms with Crippen LogP contribution in [0, 0.1) is 5.92 Å². The van der Waals surface area contributed by atoms with E-state index in [1.54, 1.807) is 36.4 Å². The van der Waals surface area contributed by atoms with Gasteiger partial charge in [-0.1, -0.05) is 18.2 Å². The van der Waals surface area contributed by atoms with Crippen LogP contribution >= 0.6 is 0 Å². The Bertz CT molecular complexity index is 1370. The van der Waals surface area contributed by atoms with E-state index in [-0.39, 0.29) is 12.3 Å². The highest BCUT2D eigenvalue weighted by Crippen LogP contribution is 2.47. The lowest BCUT2D eigenvalue weighted by atomic mass is 9.82. The zero-order valence-corrected chi connectivity index (χ0v) is 16.5. The van der Waals surface area contributed by atoms with Gasteiger partial charge in [0.25, 0.3) is 0 Å². The molecule has 1 aromatic heterocycles. The Balaban J connectivity index is 1.70. The molecular weight excluding hydrogens is 402 g/mol. The molecule has 3 aromatic rings. The van der Waals surface area contributed by atoms with Crippen molar-refractivity contribution in [3.8, 4) is 0 Å². The molecule has 0 saturated carbocycles. The Kier molecular flexibility index (Phi) is 4.25. The molecule has 0 unspecified atom stereocenters. The zero-order valence-electron chi connectivity index (χ0n) is 16.5. The van der Waals surface area contributed by atoms with Crippen molar-refractivity contribution >= 4 is 39.2 Å². The summed E-state index contributed by atoms with van der Waals surface area (Å²) in [5.74, 6) is -2.23. The number of amides is 1. The van der Waals surface area contributed by atoms with E-state index in [2.05, 4.69) is 0 Å². The largest absolute Gasteiger partial charge is 0.477 e. The van der Waals surface area contributed by atoms with Gasteiger partial charge in [-0.2, -0.15) is 0 Å². The van der Waals surface area contributed by atoms with E-state index in [0.29, 0.717) is 44.9 Å². The van der Waals surface area contributed by atoms with Gasteiger partial charge in [-0.05, 0) is 48.2 Å². The lowest BCUT2D eigenvalue weighted by Crippen LogP contribution is -2.61. The van der Waals surface area contributed by atoms with Gasteiger partial charge in [-0.3, -0.25) is 4.79 Å². The number of carboxylic acids is 1. The molecule has 8 heteroatoms. The van der Waals surface area contributed by atoms with Crippen molar-refractivity contribution in [2.24, 2.45) is 5.92 Å². The third-order valence-electron chi connectivity index (χ3n) is 6.24. The highest BCUT2D eigenvalue weighted by molar-refractivity contribution is 6.09. The van der Waals surface area contributed by atoms with Crippen LogP contribution in [-0.2, 0) is 16.2 Å². The van der Waals surface area contributed by atoms with Crippen molar-refractivity contribution in [1.29, 1.82) is 0 Å². The first-order chi connectivity index (χ1) is 14.8. The topological polar surface area (TPSA) is 128 Å². The highest BCUT2D eigenvalue weighted by Gasteiger charge is 2.56. The number of aliphatic hydroxyl groups is 2. The summed E-state index contributed by atoms with van der Waals surface area (Å²) in [7, 11) is 0. The van der Waals surface area contributed by atoms with E-state index in [1.165, 1.54) is 11.8 Å². The third kappa shape index (κ3) is 2.72. The summed E-state index contributed by atoms with van der Waals surface area (Å²) in [6.45, 7) is 1.34. The molecule has 1 amide bonds. The quantitative estimate of drug-likeness (QED) is 0.333. The highest BCUT2D eigenvalue weighted by atomic mass is 16.4. The molecule has 3 heterocycles. The van der Waals surface area contributed by atoms with E-state index in [4.69, 9.17) is 4.42 Å². The molecule has 3 atom stereocenters. The fourth-order valence-corrected chi connectivity index (χ4v) is 4.79. The predicted molar refractivity (Wildman–Crippen MR) is 111 cm³/mol. The number of hydrogen-bond acceptors (Lipinski definition) is 6. The van der Waals surface area contributed by atoms with Crippen molar-refractivity contribution in [3.63, 3.8) is 0 Å². The lowest BCUT2D eigenvalue weighted by molar-refractivity contribution is -0.161. The lowest BCUT2D eigenvalue weighted by Gasteiger charge is -2.44. The van der Waals surface area contributed by atoms with Crippen molar-refractivity contribution in [2.45, 2.75) is 32.1 Å². The van der Waals surface area contributed by atoms with Crippen LogP contribution in [0.5, 0.6) is 0 Å². The number of hydrogen-bond donors (Lipinski definition) is 3. The molecule has 8 nitrogen and oxygen atoms in total.